The van der Waals surface area contributed by atoms with Crippen molar-refractivity contribution in [3.8, 4) is 0 Å². The third-order valence-corrected chi connectivity index (χ3v) is 3.39. The van der Waals surface area contributed by atoms with E-state index in [1.54, 1.807) is 24.0 Å². The van der Waals surface area contributed by atoms with E-state index in [1.807, 2.05) is 18.2 Å². The van der Waals surface area contributed by atoms with Gasteiger partial charge in [0.2, 0.25) is 0 Å². The highest BCUT2D eigenvalue weighted by Gasteiger charge is 2.41. The van der Waals surface area contributed by atoms with Crippen molar-refractivity contribution in [3.05, 3.63) is 54.1 Å². The minimum absolute atomic E-state index is 0.0621. The largest absolute Gasteiger partial charge is 0.408 e. The summed E-state index contributed by atoms with van der Waals surface area (Å²) < 4.78 is 42.7. The van der Waals surface area contributed by atoms with E-state index in [0.717, 1.165) is 5.52 Å². The van der Waals surface area contributed by atoms with Gasteiger partial charge in [-0.05, 0) is 12.1 Å². The highest BCUT2D eigenvalue weighted by Crippen LogP contribution is 2.32. The van der Waals surface area contributed by atoms with Crippen molar-refractivity contribution in [3.63, 3.8) is 0 Å². The lowest BCUT2D eigenvalue weighted by Gasteiger charge is -2.20. The van der Waals surface area contributed by atoms with Crippen molar-refractivity contribution >= 4 is 5.52 Å². The first-order chi connectivity index (χ1) is 10.4. The fraction of sp³-hybridized carbons (Fsp3) is 0.286. The summed E-state index contributed by atoms with van der Waals surface area (Å²) in [6.07, 6.45) is 1.51. The molecule has 0 aliphatic heterocycles. The molecule has 8 heteroatoms. The van der Waals surface area contributed by atoms with Crippen LogP contribution in [0, 0.1) is 0 Å². The molecule has 0 aliphatic rings. The molecule has 0 aromatic carbocycles. The van der Waals surface area contributed by atoms with Gasteiger partial charge in [-0.1, -0.05) is 6.07 Å². The Morgan fingerprint density at radius 3 is 2.73 bits per heavy atom. The molecule has 116 valence electrons. The molecule has 5 nitrogen and oxygen atoms in total. The van der Waals surface area contributed by atoms with Crippen LogP contribution in [0.5, 0.6) is 0 Å². The molecule has 0 spiro atoms. The number of hydrogen-bond acceptors (Lipinski definition) is 3. The minimum atomic E-state index is -4.40. The third kappa shape index (κ3) is 2.82. The SMILES string of the molecule is Cn1cc([C@H](NCc2cnn3ccccc23)C(F)(F)F)cn1. The third-order valence-electron chi connectivity index (χ3n) is 3.39. The van der Waals surface area contributed by atoms with Crippen LogP contribution in [0.4, 0.5) is 13.2 Å². The van der Waals surface area contributed by atoms with E-state index in [-0.39, 0.29) is 12.1 Å². The van der Waals surface area contributed by atoms with Crippen LogP contribution in [0.25, 0.3) is 5.52 Å². The molecule has 3 rings (SSSR count). The van der Waals surface area contributed by atoms with Gasteiger partial charge in [0.1, 0.15) is 6.04 Å². The second kappa shape index (κ2) is 5.45. The number of alkyl halides is 3. The van der Waals surface area contributed by atoms with Gasteiger partial charge >= 0.3 is 6.18 Å². The van der Waals surface area contributed by atoms with Gasteiger partial charge in [0, 0.05) is 37.1 Å². The smallest absolute Gasteiger partial charge is 0.298 e. The van der Waals surface area contributed by atoms with E-state index < -0.39 is 12.2 Å². The second-order valence-corrected chi connectivity index (χ2v) is 5.00. The molecule has 3 aromatic heterocycles. The maximum absolute atomic E-state index is 13.2. The summed E-state index contributed by atoms with van der Waals surface area (Å²) in [4.78, 5) is 0. The molecule has 0 saturated carbocycles. The van der Waals surface area contributed by atoms with Gasteiger partial charge in [-0.2, -0.15) is 23.4 Å². The van der Waals surface area contributed by atoms with Crippen LogP contribution >= 0.6 is 0 Å². The van der Waals surface area contributed by atoms with E-state index in [0.29, 0.717) is 5.56 Å². The number of pyridine rings is 1. The van der Waals surface area contributed by atoms with Gasteiger partial charge in [0.25, 0.3) is 0 Å². The molecule has 0 bridgehead atoms. The van der Waals surface area contributed by atoms with Crippen molar-refractivity contribution in [2.24, 2.45) is 7.05 Å². The van der Waals surface area contributed by atoms with E-state index >= 15 is 0 Å². The van der Waals surface area contributed by atoms with Crippen LogP contribution in [0.2, 0.25) is 0 Å². The molecule has 0 saturated heterocycles. The molecule has 22 heavy (non-hydrogen) atoms. The number of nitrogens with one attached hydrogen (secondary N) is 1. The molecule has 0 radical (unpaired) electrons. The van der Waals surface area contributed by atoms with Gasteiger partial charge in [0.05, 0.1) is 17.9 Å². The zero-order valence-electron chi connectivity index (χ0n) is 11.7. The van der Waals surface area contributed by atoms with Crippen molar-refractivity contribution in [1.82, 2.24) is 24.7 Å². The van der Waals surface area contributed by atoms with E-state index in [4.69, 9.17) is 0 Å². The van der Waals surface area contributed by atoms with Crippen LogP contribution in [-0.4, -0.2) is 25.6 Å². The highest BCUT2D eigenvalue weighted by molar-refractivity contribution is 5.53. The zero-order chi connectivity index (χ0) is 15.7. The predicted octanol–water partition coefficient (Wildman–Crippen LogP) is 2.46. The molecule has 0 unspecified atom stereocenters. The van der Waals surface area contributed by atoms with Crippen molar-refractivity contribution < 1.29 is 13.2 Å². The van der Waals surface area contributed by atoms with E-state index in [2.05, 4.69) is 15.5 Å². The van der Waals surface area contributed by atoms with Gasteiger partial charge in [-0.25, -0.2) is 4.52 Å². The van der Waals surface area contributed by atoms with Crippen molar-refractivity contribution in [1.29, 1.82) is 0 Å². The molecule has 1 N–H and O–H groups in total. The van der Waals surface area contributed by atoms with Crippen molar-refractivity contribution in [2.45, 2.75) is 18.8 Å². The van der Waals surface area contributed by atoms with Gasteiger partial charge < -0.3 is 0 Å². The Morgan fingerprint density at radius 1 is 1.23 bits per heavy atom. The Morgan fingerprint density at radius 2 is 2.05 bits per heavy atom. The lowest BCUT2D eigenvalue weighted by Crippen LogP contribution is -2.33. The van der Waals surface area contributed by atoms with Gasteiger partial charge in [0.15, 0.2) is 0 Å². The van der Waals surface area contributed by atoms with E-state index in [9.17, 15) is 13.2 Å². The number of fused-ring (bicyclic) bond motifs is 1. The molecular formula is C14H14F3N5. The van der Waals surface area contributed by atoms with Crippen LogP contribution in [0.3, 0.4) is 0 Å². The van der Waals surface area contributed by atoms with Gasteiger partial charge in [-0.3, -0.25) is 10.00 Å². The summed E-state index contributed by atoms with van der Waals surface area (Å²) in [7, 11) is 1.59. The predicted molar refractivity (Wildman–Crippen MR) is 74.0 cm³/mol. The summed E-state index contributed by atoms with van der Waals surface area (Å²) in [5.74, 6) is 0. The molecule has 3 aromatic rings. The number of rotatable bonds is 4. The summed E-state index contributed by atoms with van der Waals surface area (Å²) >= 11 is 0. The lowest BCUT2D eigenvalue weighted by molar-refractivity contribution is -0.158. The number of aromatic nitrogens is 4. The Labute approximate surface area is 124 Å². The normalized spacial score (nSPS) is 13.6. The topological polar surface area (TPSA) is 47.2 Å². The molecule has 0 fully saturated rings. The maximum atomic E-state index is 13.2. The van der Waals surface area contributed by atoms with Crippen LogP contribution in [0.15, 0.2) is 43.0 Å². The Balaban J connectivity index is 1.82. The van der Waals surface area contributed by atoms with Crippen LogP contribution in [-0.2, 0) is 13.6 Å². The Kier molecular flexibility index (Phi) is 3.61. The maximum Gasteiger partial charge on any atom is 0.408 e. The molecule has 3 heterocycles. The Bertz CT molecular complexity index is 774. The summed E-state index contributed by atoms with van der Waals surface area (Å²) in [6, 6.07) is 3.69. The second-order valence-electron chi connectivity index (χ2n) is 5.00. The average molecular weight is 309 g/mol. The molecule has 1 atom stereocenters. The fourth-order valence-electron chi connectivity index (χ4n) is 2.35. The molecular weight excluding hydrogens is 295 g/mol. The first-order valence-corrected chi connectivity index (χ1v) is 6.65. The standard InChI is InChI=1S/C14H14F3N5/c1-21-9-11(8-19-21)13(14(15,16)17)18-6-10-7-20-22-5-3-2-4-12(10)22/h2-5,7-9,13,18H,6H2,1H3/t13-/m0/s1. The monoisotopic (exact) mass is 309 g/mol. The number of halogens is 3. The average Bonchev–Trinajstić information content (AvgIpc) is 3.05. The summed E-state index contributed by atoms with van der Waals surface area (Å²) in [5, 5.41) is 10.5. The minimum Gasteiger partial charge on any atom is -0.298 e. The first-order valence-electron chi connectivity index (χ1n) is 6.65. The number of hydrogen-bond donors (Lipinski definition) is 1. The van der Waals surface area contributed by atoms with Crippen LogP contribution in [0.1, 0.15) is 17.2 Å². The number of nitrogens with zero attached hydrogens (tertiary/aromatic N) is 4. The first kappa shape index (κ1) is 14.6. The highest BCUT2D eigenvalue weighted by atomic mass is 19.4. The fourth-order valence-corrected chi connectivity index (χ4v) is 2.35. The summed E-state index contributed by atoms with van der Waals surface area (Å²) in [6.45, 7) is 0.0621. The zero-order valence-corrected chi connectivity index (χ0v) is 11.7. The molecule has 0 aliphatic carbocycles. The van der Waals surface area contributed by atoms with E-state index in [1.165, 1.54) is 17.1 Å². The lowest BCUT2D eigenvalue weighted by atomic mass is 10.1. The van der Waals surface area contributed by atoms with Gasteiger partial charge in [-0.15, -0.1) is 0 Å². The number of aryl methyl sites for hydroxylation is 1. The Hall–Kier alpha value is -2.35. The van der Waals surface area contributed by atoms with Crippen molar-refractivity contribution in [2.75, 3.05) is 0 Å². The van der Waals surface area contributed by atoms with Crippen LogP contribution < -0.4 is 5.32 Å². The quantitative estimate of drug-likeness (QED) is 0.805. The molecule has 0 amide bonds. The summed E-state index contributed by atoms with van der Waals surface area (Å²) in [5.41, 5.74) is 1.58.